The van der Waals surface area contributed by atoms with Crippen molar-refractivity contribution in [1.29, 1.82) is 0 Å². The van der Waals surface area contributed by atoms with Gasteiger partial charge in [0.1, 0.15) is 0 Å². The number of amides is 1. The first-order valence-corrected chi connectivity index (χ1v) is 12.2. The van der Waals surface area contributed by atoms with Crippen LogP contribution in [-0.4, -0.2) is 58.5 Å². The number of carbonyl (C=O) groups is 1. The molecule has 2 rings (SSSR count). The number of aryl methyl sites for hydroxylation is 1. The van der Waals surface area contributed by atoms with Crippen LogP contribution >= 0.6 is 0 Å². The molecule has 0 spiro atoms. The zero-order valence-corrected chi connectivity index (χ0v) is 19.1. The van der Waals surface area contributed by atoms with Gasteiger partial charge in [0.05, 0.1) is 16.3 Å². The predicted octanol–water partition coefficient (Wildman–Crippen LogP) is 1.57. The maximum atomic E-state index is 12.8. The Kier molecular flexibility index (Phi) is 7.75. The Bertz CT molecular complexity index is 1080. The SMILES string of the molecule is CCN(CC(=O)NCc1ccc(S(=O)(=O)N(C)C)cc1)S(=O)(=O)c1ccc(C)cc1. The van der Waals surface area contributed by atoms with E-state index in [0.29, 0.717) is 5.56 Å². The molecular weight excluding hydrogens is 426 g/mol. The summed E-state index contributed by atoms with van der Waals surface area (Å²) in [6.07, 6.45) is 0. The molecule has 0 aromatic heterocycles. The number of hydrogen-bond donors (Lipinski definition) is 1. The van der Waals surface area contributed by atoms with Gasteiger partial charge in [-0.3, -0.25) is 4.79 Å². The average molecular weight is 454 g/mol. The first-order valence-electron chi connectivity index (χ1n) is 9.33. The number of nitrogens with one attached hydrogen (secondary N) is 1. The Labute approximate surface area is 178 Å². The molecule has 0 aliphatic heterocycles. The fourth-order valence-electron chi connectivity index (χ4n) is 2.63. The molecule has 10 heteroatoms. The normalized spacial score (nSPS) is 12.3. The van der Waals surface area contributed by atoms with Crippen LogP contribution in [0, 0.1) is 6.92 Å². The quantitative estimate of drug-likeness (QED) is 0.621. The summed E-state index contributed by atoms with van der Waals surface area (Å²) in [4.78, 5) is 12.6. The highest BCUT2D eigenvalue weighted by Gasteiger charge is 2.25. The van der Waals surface area contributed by atoms with Crippen molar-refractivity contribution in [2.75, 3.05) is 27.2 Å². The number of rotatable bonds is 9. The summed E-state index contributed by atoms with van der Waals surface area (Å²) < 4.78 is 51.9. The second-order valence-electron chi connectivity index (χ2n) is 6.95. The molecule has 0 aliphatic carbocycles. The van der Waals surface area contributed by atoms with E-state index in [0.717, 1.165) is 14.2 Å². The van der Waals surface area contributed by atoms with Crippen molar-refractivity contribution in [3.05, 3.63) is 59.7 Å². The van der Waals surface area contributed by atoms with E-state index in [1.54, 1.807) is 31.2 Å². The lowest BCUT2D eigenvalue weighted by atomic mass is 10.2. The molecule has 0 radical (unpaired) electrons. The van der Waals surface area contributed by atoms with Gasteiger partial charge in [-0.05, 0) is 36.8 Å². The molecule has 30 heavy (non-hydrogen) atoms. The molecule has 0 bridgehead atoms. The number of carbonyl (C=O) groups excluding carboxylic acids is 1. The van der Waals surface area contributed by atoms with E-state index >= 15 is 0 Å². The standard InChI is InChI=1S/C20H27N3O5S2/c1-5-23(30(27,28)19-10-6-16(2)7-11-19)15-20(24)21-14-17-8-12-18(13-9-17)29(25,26)22(3)4/h6-13H,5,14-15H2,1-4H3,(H,21,24). The highest BCUT2D eigenvalue weighted by Crippen LogP contribution is 2.16. The molecule has 1 N–H and O–H groups in total. The summed E-state index contributed by atoms with van der Waals surface area (Å²) in [5.41, 5.74) is 1.64. The molecule has 0 saturated heterocycles. The van der Waals surface area contributed by atoms with Crippen LogP contribution in [0.15, 0.2) is 58.3 Å². The van der Waals surface area contributed by atoms with Gasteiger partial charge < -0.3 is 5.32 Å². The highest BCUT2D eigenvalue weighted by atomic mass is 32.2. The minimum absolute atomic E-state index is 0.139. The van der Waals surface area contributed by atoms with E-state index in [9.17, 15) is 21.6 Å². The smallest absolute Gasteiger partial charge is 0.243 e. The number of nitrogens with zero attached hydrogens (tertiary/aromatic N) is 2. The van der Waals surface area contributed by atoms with Crippen molar-refractivity contribution in [3.8, 4) is 0 Å². The number of benzene rings is 2. The minimum Gasteiger partial charge on any atom is -0.351 e. The maximum absolute atomic E-state index is 12.8. The minimum atomic E-state index is -3.77. The van der Waals surface area contributed by atoms with E-state index in [1.165, 1.54) is 38.4 Å². The molecule has 1 amide bonds. The first-order chi connectivity index (χ1) is 14.0. The van der Waals surface area contributed by atoms with E-state index in [-0.39, 0.29) is 29.4 Å². The molecule has 0 saturated carbocycles. The van der Waals surface area contributed by atoms with E-state index in [2.05, 4.69) is 5.32 Å². The van der Waals surface area contributed by atoms with Crippen molar-refractivity contribution in [2.24, 2.45) is 0 Å². The van der Waals surface area contributed by atoms with Crippen molar-refractivity contribution in [2.45, 2.75) is 30.2 Å². The third kappa shape index (κ3) is 5.66. The lowest BCUT2D eigenvalue weighted by Crippen LogP contribution is -2.40. The van der Waals surface area contributed by atoms with Crippen molar-refractivity contribution >= 4 is 26.0 Å². The number of hydrogen-bond acceptors (Lipinski definition) is 5. The van der Waals surface area contributed by atoms with Crippen LogP contribution in [0.5, 0.6) is 0 Å². The lowest BCUT2D eigenvalue weighted by molar-refractivity contribution is -0.121. The Morgan fingerprint density at radius 3 is 1.87 bits per heavy atom. The molecule has 8 nitrogen and oxygen atoms in total. The molecule has 2 aromatic rings. The van der Waals surface area contributed by atoms with Crippen LogP contribution in [0.2, 0.25) is 0 Å². The Balaban J connectivity index is 2.01. The van der Waals surface area contributed by atoms with Gasteiger partial charge in [-0.1, -0.05) is 36.8 Å². The van der Waals surface area contributed by atoms with Crippen LogP contribution < -0.4 is 5.32 Å². The second kappa shape index (κ2) is 9.69. The summed E-state index contributed by atoms with van der Waals surface area (Å²) in [5.74, 6) is -0.447. The Morgan fingerprint density at radius 2 is 1.37 bits per heavy atom. The van der Waals surface area contributed by atoms with Crippen LogP contribution in [-0.2, 0) is 31.4 Å². The topological polar surface area (TPSA) is 104 Å². The molecule has 0 heterocycles. The monoisotopic (exact) mass is 453 g/mol. The van der Waals surface area contributed by atoms with Gasteiger partial charge in [-0.2, -0.15) is 4.31 Å². The van der Waals surface area contributed by atoms with Gasteiger partial charge in [0.2, 0.25) is 26.0 Å². The molecular formula is C20H27N3O5S2. The summed E-state index contributed by atoms with van der Waals surface area (Å²) >= 11 is 0. The third-order valence-corrected chi connectivity index (χ3v) is 8.29. The van der Waals surface area contributed by atoms with Crippen molar-refractivity contribution < 1.29 is 21.6 Å². The third-order valence-electron chi connectivity index (χ3n) is 4.52. The van der Waals surface area contributed by atoms with Gasteiger partial charge in [-0.25, -0.2) is 21.1 Å². The van der Waals surface area contributed by atoms with Crippen LogP contribution in [0.25, 0.3) is 0 Å². The number of sulfonamides is 2. The fraction of sp³-hybridized carbons (Fsp3) is 0.350. The van der Waals surface area contributed by atoms with E-state index in [1.807, 2.05) is 6.92 Å². The van der Waals surface area contributed by atoms with E-state index in [4.69, 9.17) is 0 Å². The summed E-state index contributed by atoms with van der Waals surface area (Å²) in [6.45, 7) is 3.54. The number of likely N-dealkylation sites (N-methyl/N-ethyl adjacent to an activating group) is 1. The maximum Gasteiger partial charge on any atom is 0.243 e. The van der Waals surface area contributed by atoms with Gasteiger partial charge in [0.15, 0.2) is 0 Å². The van der Waals surface area contributed by atoms with Crippen LogP contribution in [0.4, 0.5) is 0 Å². The van der Waals surface area contributed by atoms with Crippen LogP contribution in [0.1, 0.15) is 18.1 Å². The molecule has 0 fully saturated rings. The largest absolute Gasteiger partial charge is 0.351 e. The molecule has 0 unspecified atom stereocenters. The van der Waals surface area contributed by atoms with Crippen molar-refractivity contribution in [3.63, 3.8) is 0 Å². The van der Waals surface area contributed by atoms with Crippen molar-refractivity contribution in [1.82, 2.24) is 13.9 Å². The highest BCUT2D eigenvalue weighted by molar-refractivity contribution is 7.89. The van der Waals surface area contributed by atoms with Gasteiger partial charge in [0.25, 0.3) is 0 Å². The van der Waals surface area contributed by atoms with Gasteiger partial charge in [0, 0.05) is 27.2 Å². The van der Waals surface area contributed by atoms with E-state index < -0.39 is 26.0 Å². The van der Waals surface area contributed by atoms with Crippen LogP contribution in [0.3, 0.4) is 0 Å². The second-order valence-corrected chi connectivity index (χ2v) is 11.0. The summed E-state index contributed by atoms with van der Waals surface area (Å²) in [6, 6.07) is 12.6. The zero-order chi connectivity index (χ0) is 22.5. The molecule has 0 atom stereocenters. The predicted molar refractivity (Wildman–Crippen MR) is 115 cm³/mol. The Morgan fingerprint density at radius 1 is 0.867 bits per heavy atom. The molecule has 2 aromatic carbocycles. The van der Waals surface area contributed by atoms with Gasteiger partial charge in [-0.15, -0.1) is 0 Å². The molecule has 0 aliphatic rings. The average Bonchev–Trinajstić information content (AvgIpc) is 2.70. The zero-order valence-electron chi connectivity index (χ0n) is 17.5. The summed E-state index contributed by atoms with van der Waals surface area (Å²) in [5, 5.41) is 2.67. The first kappa shape index (κ1) is 24.0. The van der Waals surface area contributed by atoms with Gasteiger partial charge >= 0.3 is 0 Å². The molecule has 164 valence electrons. The lowest BCUT2D eigenvalue weighted by Gasteiger charge is -2.20. The Hall–Kier alpha value is -2.27. The summed E-state index contributed by atoms with van der Waals surface area (Å²) in [7, 11) is -4.39. The fourth-order valence-corrected chi connectivity index (χ4v) is 4.94.